The predicted molar refractivity (Wildman–Crippen MR) is 69.9 cm³/mol. The van der Waals surface area contributed by atoms with Crippen molar-refractivity contribution >= 4 is 17.6 Å². The van der Waals surface area contributed by atoms with E-state index in [0.29, 0.717) is 0 Å². The van der Waals surface area contributed by atoms with Crippen molar-refractivity contribution in [2.45, 2.75) is 0 Å². The van der Waals surface area contributed by atoms with Gasteiger partial charge in [-0.25, -0.2) is 13.6 Å². The van der Waals surface area contributed by atoms with Gasteiger partial charge in [0.25, 0.3) is 5.91 Å². The van der Waals surface area contributed by atoms with E-state index in [2.05, 4.69) is 15.0 Å². The minimum Gasteiger partial charge on any atom is -0.465 e. The van der Waals surface area contributed by atoms with Crippen molar-refractivity contribution in [1.29, 1.82) is 0 Å². The van der Waals surface area contributed by atoms with Crippen LogP contribution in [0.4, 0.5) is 14.5 Å². The number of hydrogen-bond donors (Lipinski definition) is 1. The maximum absolute atomic E-state index is 13.5. The smallest absolute Gasteiger partial charge is 0.340 e. The van der Waals surface area contributed by atoms with Gasteiger partial charge in [0.2, 0.25) is 0 Å². The Kier molecular flexibility index (Phi) is 4.22. The van der Waals surface area contributed by atoms with Gasteiger partial charge in [0.05, 0.1) is 30.1 Å². The Hall–Kier alpha value is -2.83. The van der Waals surface area contributed by atoms with Crippen LogP contribution in [0.5, 0.6) is 0 Å². The second-order valence-corrected chi connectivity index (χ2v) is 3.99. The van der Waals surface area contributed by atoms with E-state index in [1.165, 1.54) is 18.3 Å². The van der Waals surface area contributed by atoms with E-state index in [-0.39, 0.29) is 16.8 Å². The molecule has 0 unspecified atom stereocenters. The van der Waals surface area contributed by atoms with Gasteiger partial charge in [-0.05, 0) is 24.3 Å². The lowest BCUT2D eigenvalue weighted by atomic mass is 10.1. The Labute approximate surface area is 118 Å². The Bertz CT molecular complexity index is 704. The van der Waals surface area contributed by atoms with Crippen molar-refractivity contribution in [2.75, 3.05) is 12.4 Å². The number of carbonyl (C=O) groups excluding carboxylic acids is 2. The summed E-state index contributed by atoms with van der Waals surface area (Å²) >= 11 is 0. The normalized spacial score (nSPS) is 10.0. The molecule has 21 heavy (non-hydrogen) atoms. The van der Waals surface area contributed by atoms with Crippen LogP contribution >= 0.6 is 0 Å². The van der Waals surface area contributed by atoms with E-state index >= 15 is 0 Å². The molecule has 108 valence electrons. The van der Waals surface area contributed by atoms with Crippen molar-refractivity contribution in [3.05, 3.63) is 59.4 Å². The Morgan fingerprint density at radius 3 is 2.62 bits per heavy atom. The van der Waals surface area contributed by atoms with Crippen LogP contribution < -0.4 is 5.32 Å². The number of aromatic nitrogens is 1. The lowest BCUT2D eigenvalue weighted by molar-refractivity contribution is 0.0601. The summed E-state index contributed by atoms with van der Waals surface area (Å²) in [5.41, 5.74) is -0.394. The number of nitrogens with one attached hydrogen (secondary N) is 1. The van der Waals surface area contributed by atoms with E-state index in [1.54, 1.807) is 0 Å². The van der Waals surface area contributed by atoms with E-state index in [0.717, 1.165) is 25.4 Å². The summed E-state index contributed by atoms with van der Waals surface area (Å²) in [6.07, 6.45) is 2.14. The molecule has 0 aliphatic heterocycles. The number of amides is 1. The van der Waals surface area contributed by atoms with Crippen molar-refractivity contribution in [3.63, 3.8) is 0 Å². The molecule has 0 fully saturated rings. The molecule has 0 aliphatic carbocycles. The summed E-state index contributed by atoms with van der Waals surface area (Å²) in [6, 6.07) is 4.36. The third-order valence-corrected chi connectivity index (χ3v) is 2.65. The number of methoxy groups -OCH3 is 1. The molecule has 1 aromatic carbocycles. The van der Waals surface area contributed by atoms with E-state index < -0.39 is 23.5 Å². The quantitative estimate of drug-likeness (QED) is 0.882. The van der Waals surface area contributed by atoms with Gasteiger partial charge in [-0.1, -0.05) is 0 Å². The number of halogens is 2. The highest BCUT2D eigenvalue weighted by molar-refractivity contribution is 6.08. The molecule has 5 nitrogen and oxygen atoms in total. The molecule has 1 amide bonds. The van der Waals surface area contributed by atoms with Gasteiger partial charge in [-0.15, -0.1) is 0 Å². The second-order valence-electron chi connectivity index (χ2n) is 3.99. The SMILES string of the molecule is COC(=O)c1cc(F)ccc1NC(=O)c1ccncc1F. The van der Waals surface area contributed by atoms with E-state index in [4.69, 9.17) is 0 Å². The number of hydrogen-bond acceptors (Lipinski definition) is 4. The summed E-state index contributed by atoms with van der Waals surface area (Å²) in [6.45, 7) is 0. The van der Waals surface area contributed by atoms with Crippen LogP contribution in [0.15, 0.2) is 36.7 Å². The van der Waals surface area contributed by atoms with Gasteiger partial charge in [0.15, 0.2) is 5.82 Å². The lowest BCUT2D eigenvalue weighted by Gasteiger charge is -2.10. The third-order valence-electron chi connectivity index (χ3n) is 2.65. The fraction of sp³-hybridized carbons (Fsp3) is 0.0714. The first-order valence-corrected chi connectivity index (χ1v) is 5.81. The lowest BCUT2D eigenvalue weighted by Crippen LogP contribution is -2.17. The van der Waals surface area contributed by atoms with Crippen molar-refractivity contribution < 1.29 is 23.1 Å². The maximum atomic E-state index is 13.5. The standard InChI is InChI=1S/C14H10F2N2O3/c1-21-14(20)10-6-8(15)2-3-12(10)18-13(19)9-4-5-17-7-11(9)16/h2-7H,1H3,(H,18,19). The van der Waals surface area contributed by atoms with Gasteiger partial charge in [0, 0.05) is 6.20 Å². The highest BCUT2D eigenvalue weighted by Crippen LogP contribution is 2.19. The summed E-state index contributed by atoms with van der Waals surface area (Å²) in [4.78, 5) is 27.0. The molecule has 2 aromatic rings. The first kappa shape index (κ1) is 14.6. The minimum absolute atomic E-state index is 0.0180. The van der Waals surface area contributed by atoms with Crippen LogP contribution in [0.2, 0.25) is 0 Å². The zero-order valence-electron chi connectivity index (χ0n) is 10.9. The molecule has 0 saturated heterocycles. The molecule has 0 spiro atoms. The van der Waals surface area contributed by atoms with Crippen molar-refractivity contribution in [3.8, 4) is 0 Å². The second kappa shape index (κ2) is 6.08. The van der Waals surface area contributed by atoms with Gasteiger partial charge in [0.1, 0.15) is 5.82 Å². The number of ether oxygens (including phenoxy) is 1. The summed E-state index contributed by atoms with van der Waals surface area (Å²) in [7, 11) is 1.13. The zero-order chi connectivity index (χ0) is 15.4. The van der Waals surface area contributed by atoms with Crippen LogP contribution in [0.3, 0.4) is 0 Å². The molecule has 0 saturated carbocycles. The number of nitrogens with zero attached hydrogens (tertiary/aromatic N) is 1. The van der Waals surface area contributed by atoms with E-state index in [1.807, 2.05) is 0 Å². The van der Waals surface area contributed by atoms with Crippen LogP contribution in [0.1, 0.15) is 20.7 Å². The molecule has 7 heteroatoms. The number of anilines is 1. The molecule has 2 rings (SSSR count). The molecule has 1 heterocycles. The van der Waals surface area contributed by atoms with Gasteiger partial charge in [-0.2, -0.15) is 0 Å². The summed E-state index contributed by atoms with van der Waals surface area (Å²) in [5.74, 6) is -3.08. The fourth-order valence-electron chi connectivity index (χ4n) is 1.65. The number of carbonyl (C=O) groups is 2. The average Bonchev–Trinajstić information content (AvgIpc) is 2.48. The maximum Gasteiger partial charge on any atom is 0.340 e. The molecule has 0 bridgehead atoms. The van der Waals surface area contributed by atoms with Crippen LogP contribution in [-0.2, 0) is 4.74 Å². The first-order chi connectivity index (χ1) is 10.0. The number of rotatable bonds is 3. The monoisotopic (exact) mass is 292 g/mol. The molecule has 1 aromatic heterocycles. The molecule has 0 radical (unpaired) electrons. The van der Waals surface area contributed by atoms with Crippen LogP contribution in [0.25, 0.3) is 0 Å². The fourth-order valence-corrected chi connectivity index (χ4v) is 1.65. The Balaban J connectivity index is 2.34. The van der Waals surface area contributed by atoms with E-state index in [9.17, 15) is 18.4 Å². The van der Waals surface area contributed by atoms with Crippen LogP contribution in [-0.4, -0.2) is 24.0 Å². The van der Waals surface area contributed by atoms with Crippen molar-refractivity contribution in [1.82, 2.24) is 4.98 Å². The van der Waals surface area contributed by atoms with Gasteiger partial charge >= 0.3 is 5.97 Å². The van der Waals surface area contributed by atoms with Gasteiger partial charge < -0.3 is 10.1 Å². The Morgan fingerprint density at radius 1 is 1.19 bits per heavy atom. The average molecular weight is 292 g/mol. The van der Waals surface area contributed by atoms with Crippen LogP contribution in [0, 0.1) is 11.6 Å². The van der Waals surface area contributed by atoms with Gasteiger partial charge in [-0.3, -0.25) is 9.78 Å². The third kappa shape index (κ3) is 3.19. The first-order valence-electron chi connectivity index (χ1n) is 5.81. The molecular formula is C14H10F2N2O3. The number of benzene rings is 1. The Morgan fingerprint density at radius 2 is 1.95 bits per heavy atom. The largest absolute Gasteiger partial charge is 0.465 e. The minimum atomic E-state index is -0.819. The van der Waals surface area contributed by atoms with Crippen molar-refractivity contribution in [2.24, 2.45) is 0 Å². The predicted octanol–water partition coefficient (Wildman–Crippen LogP) is 2.40. The summed E-state index contributed by atoms with van der Waals surface area (Å²) < 4.78 is 31.1. The zero-order valence-corrected chi connectivity index (χ0v) is 10.9. The molecule has 1 N–H and O–H groups in total. The molecular weight excluding hydrogens is 282 g/mol. The highest BCUT2D eigenvalue weighted by Gasteiger charge is 2.17. The number of esters is 1. The molecule has 0 aliphatic rings. The highest BCUT2D eigenvalue weighted by atomic mass is 19.1. The molecule has 0 atom stereocenters. The number of pyridine rings is 1. The topological polar surface area (TPSA) is 68.3 Å². The summed E-state index contributed by atoms with van der Waals surface area (Å²) in [5, 5.41) is 2.34.